The summed E-state index contributed by atoms with van der Waals surface area (Å²) in [5.74, 6) is 0. The molecule has 14 heavy (non-hydrogen) atoms. The summed E-state index contributed by atoms with van der Waals surface area (Å²) >= 11 is 5.11. The quantitative estimate of drug-likeness (QED) is 0.574. The Balaban J connectivity index is 2.32. The Morgan fingerprint density at radius 2 is 2.36 bits per heavy atom. The predicted octanol–water partition coefficient (Wildman–Crippen LogP) is 0.780. The normalized spacial score (nSPS) is 30.1. The molecular weight excluding hydrogens is 212 g/mol. The maximum absolute atomic E-state index is 9.26. The molecule has 0 spiro atoms. The minimum atomic E-state index is -0.446. The molecule has 0 bridgehead atoms. The van der Waals surface area contributed by atoms with Crippen LogP contribution in [0.5, 0.6) is 0 Å². The van der Waals surface area contributed by atoms with Crippen molar-refractivity contribution >= 4 is 27.3 Å². The monoisotopic (exact) mass is 232 g/mol. The highest BCUT2D eigenvalue weighted by atomic mass is 32.1. The van der Waals surface area contributed by atoms with Crippen LogP contribution in [0.4, 0.5) is 0 Å². The van der Waals surface area contributed by atoms with E-state index in [-0.39, 0.29) is 5.22 Å². The van der Waals surface area contributed by atoms with Crippen molar-refractivity contribution in [3.63, 3.8) is 0 Å². The van der Waals surface area contributed by atoms with Crippen molar-refractivity contribution in [1.29, 1.82) is 0 Å². The molecule has 1 fully saturated rings. The van der Waals surface area contributed by atoms with Crippen LogP contribution in [0.2, 0.25) is 0 Å². The lowest BCUT2D eigenvalue weighted by molar-refractivity contribution is -0.0214. The lowest BCUT2D eigenvalue weighted by Gasteiger charge is -2.34. The Morgan fingerprint density at radius 1 is 1.64 bits per heavy atom. The van der Waals surface area contributed by atoms with Crippen molar-refractivity contribution < 1.29 is 9.84 Å². The zero-order chi connectivity index (χ0) is 10.6. The molecule has 0 aliphatic carbocycles. The molecule has 4 heteroatoms. The highest BCUT2D eigenvalue weighted by Crippen LogP contribution is 2.26. The molecule has 0 radical (unpaired) electrons. The van der Waals surface area contributed by atoms with Crippen LogP contribution in [0, 0.1) is 0 Å². The van der Waals surface area contributed by atoms with Crippen LogP contribution in [0.15, 0.2) is 0 Å². The van der Waals surface area contributed by atoms with Crippen molar-refractivity contribution in [2.24, 2.45) is 0 Å². The van der Waals surface area contributed by atoms with Crippen molar-refractivity contribution in [2.75, 3.05) is 6.61 Å². The SMILES string of the molecule is CC(O)C(=S)CCC1([SiH3])CCCCO1. The number of hydrogen-bond donors (Lipinski definition) is 1. The maximum Gasteiger partial charge on any atom is 0.0824 e. The zero-order valence-corrected chi connectivity index (χ0v) is 11.9. The number of ether oxygens (including phenoxy) is 1. The number of rotatable bonds is 4. The molecule has 82 valence electrons. The van der Waals surface area contributed by atoms with Crippen LogP contribution in [0.1, 0.15) is 39.0 Å². The van der Waals surface area contributed by atoms with E-state index in [0.717, 1.165) is 34.6 Å². The topological polar surface area (TPSA) is 29.5 Å². The Bertz CT molecular complexity index is 200. The second-order valence-corrected chi connectivity index (χ2v) is 6.74. The molecule has 1 N–H and O–H groups in total. The standard InChI is InChI=1S/C10H20O2SSi/c1-8(11)9(13)4-6-10(14)5-2-3-7-12-10/h8,11H,2-7H2,1,14H3. The summed E-state index contributed by atoms with van der Waals surface area (Å²) in [4.78, 5) is 0.773. The van der Waals surface area contributed by atoms with Crippen molar-refractivity contribution in [1.82, 2.24) is 0 Å². The lowest BCUT2D eigenvalue weighted by atomic mass is 10.0. The van der Waals surface area contributed by atoms with Gasteiger partial charge in [0.15, 0.2) is 0 Å². The number of aliphatic hydroxyl groups is 1. The fraction of sp³-hybridized carbons (Fsp3) is 0.900. The summed E-state index contributed by atoms with van der Waals surface area (Å²) in [7, 11) is 1.07. The van der Waals surface area contributed by atoms with Gasteiger partial charge in [-0.2, -0.15) is 0 Å². The average Bonchev–Trinajstić information content (AvgIpc) is 2.15. The molecule has 0 amide bonds. The summed E-state index contributed by atoms with van der Waals surface area (Å²) in [6.07, 6.45) is 5.05. The van der Waals surface area contributed by atoms with E-state index in [2.05, 4.69) is 0 Å². The first-order valence-corrected chi connectivity index (χ1v) is 6.79. The Morgan fingerprint density at radius 3 is 2.86 bits per heavy atom. The van der Waals surface area contributed by atoms with E-state index in [0.29, 0.717) is 0 Å². The minimum absolute atomic E-state index is 0.136. The molecule has 2 nitrogen and oxygen atoms in total. The van der Waals surface area contributed by atoms with Gasteiger partial charge in [0.25, 0.3) is 0 Å². The van der Waals surface area contributed by atoms with Gasteiger partial charge in [0, 0.05) is 26.9 Å². The Kier molecular flexibility index (Phi) is 4.70. The van der Waals surface area contributed by atoms with Gasteiger partial charge in [-0.15, -0.1) is 0 Å². The fourth-order valence-electron chi connectivity index (χ4n) is 1.79. The summed E-state index contributed by atoms with van der Waals surface area (Å²) in [5.41, 5.74) is 0. The maximum atomic E-state index is 9.26. The fourth-order valence-corrected chi connectivity index (χ4v) is 2.70. The first kappa shape index (κ1) is 12.3. The van der Waals surface area contributed by atoms with Gasteiger partial charge in [-0.25, -0.2) is 0 Å². The van der Waals surface area contributed by atoms with Crippen molar-refractivity contribution in [3.05, 3.63) is 0 Å². The van der Waals surface area contributed by atoms with Gasteiger partial charge >= 0.3 is 0 Å². The second kappa shape index (κ2) is 5.35. The Hall–Kier alpha value is 0.227. The van der Waals surface area contributed by atoms with Crippen LogP contribution >= 0.6 is 12.2 Å². The van der Waals surface area contributed by atoms with Gasteiger partial charge in [0.1, 0.15) is 0 Å². The first-order chi connectivity index (χ1) is 6.53. The molecular formula is C10H20O2SSi. The largest absolute Gasteiger partial charge is 0.388 e. The van der Waals surface area contributed by atoms with Crippen LogP contribution in [0.25, 0.3) is 0 Å². The van der Waals surface area contributed by atoms with Crippen LogP contribution in [-0.2, 0) is 4.74 Å². The van der Waals surface area contributed by atoms with Gasteiger partial charge < -0.3 is 9.84 Å². The second-order valence-electron chi connectivity index (χ2n) is 4.40. The minimum Gasteiger partial charge on any atom is -0.388 e. The van der Waals surface area contributed by atoms with E-state index in [1.165, 1.54) is 19.3 Å². The number of thiocarbonyl (C=S) groups is 1. The zero-order valence-electron chi connectivity index (χ0n) is 9.08. The molecule has 0 aromatic carbocycles. The van der Waals surface area contributed by atoms with E-state index in [1.807, 2.05) is 0 Å². The summed E-state index contributed by atoms with van der Waals surface area (Å²) in [6.45, 7) is 2.65. The number of hydrogen-bond acceptors (Lipinski definition) is 3. The molecule has 2 unspecified atom stereocenters. The van der Waals surface area contributed by atoms with Gasteiger partial charge in [-0.05, 0) is 39.0 Å². The smallest absolute Gasteiger partial charge is 0.0824 e. The first-order valence-electron chi connectivity index (χ1n) is 5.38. The van der Waals surface area contributed by atoms with E-state index in [9.17, 15) is 5.11 Å². The molecule has 1 rings (SSSR count). The van der Waals surface area contributed by atoms with E-state index >= 15 is 0 Å². The molecule has 0 saturated carbocycles. The predicted molar refractivity (Wildman–Crippen MR) is 66.0 cm³/mol. The third-order valence-electron chi connectivity index (χ3n) is 2.92. The van der Waals surface area contributed by atoms with Crippen molar-refractivity contribution in [2.45, 2.75) is 50.4 Å². The molecule has 0 aromatic heterocycles. The van der Waals surface area contributed by atoms with Gasteiger partial charge in [-0.3, -0.25) is 0 Å². The average molecular weight is 232 g/mol. The molecule has 0 aromatic rings. The third kappa shape index (κ3) is 3.77. The van der Waals surface area contributed by atoms with Crippen LogP contribution in [-0.4, -0.2) is 38.1 Å². The molecule has 1 heterocycles. The Labute approximate surface area is 94.5 Å². The summed E-state index contributed by atoms with van der Waals surface area (Å²) < 4.78 is 5.82. The highest BCUT2D eigenvalue weighted by Gasteiger charge is 2.27. The molecule has 1 aliphatic heterocycles. The molecule has 2 atom stereocenters. The molecule has 1 aliphatic rings. The van der Waals surface area contributed by atoms with E-state index in [1.54, 1.807) is 6.92 Å². The van der Waals surface area contributed by atoms with Crippen LogP contribution in [0.3, 0.4) is 0 Å². The van der Waals surface area contributed by atoms with Gasteiger partial charge in [0.05, 0.1) is 6.10 Å². The van der Waals surface area contributed by atoms with Gasteiger partial charge in [-0.1, -0.05) is 12.2 Å². The third-order valence-corrected chi connectivity index (χ3v) is 4.75. The van der Waals surface area contributed by atoms with Crippen LogP contribution < -0.4 is 0 Å². The lowest BCUT2D eigenvalue weighted by Crippen LogP contribution is -2.37. The van der Waals surface area contributed by atoms with Gasteiger partial charge in [0.2, 0.25) is 0 Å². The van der Waals surface area contributed by atoms with E-state index < -0.39 is 6.10 Å². The molecule has 1 saturated heterocycles. The van der Waals surface area contributed by atoms with E-state index in [4.69, 9.17) is 17.0 Å². The summed E-state index contributed by atoms with van der Waals surface area (Å²) in [6, 6.07) is 0. The highest BCUT2D eigenvalue weighted by molar-refractivity contribution is 7.80. The summed E-state index contributed by atoms with van der Waals surface area (Å²) in [5, 5.41) is 9.40. The number of aliphatic hydroxyl groups excluding tert-OH is 1. The van der Waals surface area contributed by atoms with Crippen molar-refractivity contribution in [3.8, 4) is 0 Å².